The molecule has 0 radical (unpaired) electrons. The van der Waals surface area contributed by atoms with E-state index in [0.717, 1.165) is 9.13 Å². The Morgan fingerprint density at radius 2 is 1.19 bits per heavy atom. The largest absolute Gasteiger partial charge is 0.494 e. The van der Waals surface area contributed by atoms with Crippen molar-refractivity contribution in [3.05, 3.63) is 75.2 Å². The first-order valence-corrected chi connectivity index (χ1v) is 10.4. The smallest absolute Gasteiger partial charge is 0.262 e. The van der Waals surface area contributed by atoms with Crippen LogP contribution in [-0.2, 0) is 28.2 Å². The molecular formula is C19H18Cl2N4O4S2. The highest BCUT2D eigenvalue weighted by Gasteiger charge is 2.32. The summed E-state index contributed by atoms with van der Waals surface area (Å²) in [6.07, 6.45) is 0. The van der Waals surface area contributed by atoms with Crippen LogP contribution < -0.4 is 11.1 Å². The van der Waals surface area contributed by atoms with Gasteiger partial charge in [0.25, 0.3) is 11.1 Å². The highest BCUT2D eigenvalue weighted by molar-refractivity contribution is 7.71. The molecule has 0 aliphatic carbocycles. The van der Waals surface area contributed by atoms with Crippen molar-refractivity contribution in [2.24, 2.45) is 28.2 Å². The maximum Gasteiger partial charge on any atom is 0.262 e. The molecule has 0 fully saturated rings. The van der Waals surface area contributed by atoms with Gasteiger partial charge in [-0.3, -0.25) is 27.9 Å². The fourth-order valence-corrected chi connectivity index (χ4v) is 4.04. The number of aromatic nitrogens is 4. The first-order valence-electron chi connectivity index (χ1n) is 8.82. The van der Waals surface area contributed by atoms with Gasteiger partial charge in [0.1, 0.15) is 0 Å². The third-order valence-electron chi connectivity index (χ3n) is 5.19. The van der Waals surface area contributed by atoms with E-state index in [1.807, 2.05) is 0 Å². The Balaban J connectivity index is 2.60. The molecule has 0 saturated carbocycles. The van der Waals surface area contributed by atoms with Crippen LogP contribution in [0.5, 0.6) is 11.8 Å². The monoisotopic (exact) mass is 500 g/mol. The zero-order valence-electron chi connectivity index (χ0n) is 16.9. The summed E-state index contributed by atoms with van der Waals surface area (Å²) in [4.78, 5) is 26.4. The fraction of sp³-hybridized carbons (Fsp3) is 0.263. The van der Waals surface area contributed by atoms with Crippen molar-refractivity contribution in [3.63, 3.8) is 0 Å². The molecule has 0 amide bonds. The first kappa shape index (κ1) is 23.3. The molecule has 2 N–H and O–H groups in total. The van der Waals surface area contributed by atoms with E-state index in [0.29, 0.717) is 5.56 Å². The number of hydrogen-bond donors (Lipinski definition) is 2. The van der Waals surface area contributed by atoms with E-state index in [1.165, 1.54) is 49.5 Å². The average molecular weight is 501 g/mol. The second-order valence-electron chi connectivity index (χ2n) is 6.99. The van der Waals surface area contributed by atoms with Gasteiger partial charge >= 0.3 is 0 Å². The number of halogens is 2. The van der Waals surface area contributed by atoms with Crippen LogP contribution in [0.25, 0.3) is 0 Å². The van der Waals surface area contributed by atoms with Crippen molar-refractivity contribution in [1.82, 2.24) is 18.3 Å². The highest BCUT2D eigenvalue weighted by Crippen LogP contribution is 2.38. The second-order valence-corrected chi connectivity index (χ2v) is 8.54. The van der Waals surface area contributed by atoms with Crippen LogP contribution in [0, 0.1) is 9.54 Å². The van der Waals surface area contributed by atoms with Gasteiger partial charge in [0, 0.05) is 28.2 Å². The topological polar surface area (TPSA) is 94.3 Å². The summed E-state index contributed by atoms with van der Waals surface area (Å²) >= 11 is 22.6. The van der Waals surface area contributed by atoms with Crippen molar-refractivity contribution < 1.29 is 10.2 Å². The molecule has 2 heterocycles. The number of nitrogens with zero attached hydrogens (tertiary/aromatic N) is 4. The predicted molar refractivity (Wildman–Crippen MR) is 124 cm³/mol. The molecule has 0 spiro atoms. The Hall–Kier alpha value is -2.40. The average Bonchev–Trinajstić information content (AvgIpc) is 2.74. The van der Waals surface area contributed by atoms with Gasteiger partial charge in [0.05, 0.1) is 27.1 Å². The summed E-state index contributed by atoms with van der Waals surface area (Å²) in [7, 11) is 5.86. The Kier molecular flexibility index (Phi) is 6.21. The van der Waals surface area contributed by atoms with E-state index in [4.69, 9.17) is 47.6 Å². The molecule has 31 heavy (non-hydrogen) atoms. The van der Waals surface area contributed by atoms with Crippen LogP contribution in [0.1, 0.15) is 22.6 Å². The van der Waals surface area contributed by atoms with E-state index >= 15 is 0 Å². The van der Waals surface area contributed by atoms with Crippen LogP contribution in [0.2, 0.25) is 10.0 Å². The predicted octanol–water partition coefficient (Wildman–Crippen LogP) is 3.12. The maximum absolute atomic E-state index is 13.2. The summed E-state index contributed by atoms with van der Waals surface area (Å²) in [5.41, 5.74) is -1.25. The summed E-state index contributed by atoms with van der Waals surface area (Å²) in [6, 6.07) is 4.52. The van der Waals surface area contributed by atoms with Gasteiger partial charge in [0.2, 0.25) is 11.8 Å². The Morgan fingerprint density at radius 1 is 0.774 bits per heavy atom. The lowest BCUT2D eigenvalue weighted by Crippen LogP contribution is -2.33. The molecular weight excluding hydrogens is 483 g/mol. The van der Waals surface area contributed by atoms with Crippen molar-refractivity contribution >= 4 is 47.6 Å². The van der Waals surface area contributed by atoms with Crippen molar-refractivity contribution in [1.29, 1.82) is 0 Å². The fourth-order valence-electron chi connectivity index (χ4n) is 3.39. The molecule has 0 atom stereocenters. The van der Waals surface area contributed by atoms with Gasteiger partial charge in [-0.25, -0.2) is 0 Å². The van der Waals surface area contributed by atoms with Gasteiger partial charge in [-0.05, 0) is 42.1 Å². The summed E-state index contributed by atoms with van der Waals surface area (Å²) in [5.74, 6) is -2.10. The first-order chi connectivity index (χ1) is 14.4. The lowest BCUT2D eigenvalue weighted by Gasteiger charge is -2.23. The van der Waals surface area contributed by atoms with Gasteiger partial charge in [-0.15, -0.1) is 0 Å². The van der Waals surface area contributed by atoms with E-state index in [1.54, 1.807) is 6.07 Å². The molecule has 1 aromatic carbocycles. The third-order valence-corrected chi connectivity index (χ3v) is 7.02. The van der Waals surface area contributed by atoms with Crippen molar-refractivity contribution in [3.8, 4) is 11.8 Å². The molecule has 3 aromatic rings. The summed E-state index contributed by atoms with van der Waals surface area (Å²) in [5, 5.41) is 22.2. The molecule has 0 aliphatic heterocycles. The zero-order valence-corrected chi connectivity index (χ0v) is 20.0. The molecule has 0 bridgehead atoms. The van der Waals surface area contributed by atoms with Crippen molar-refractivity contribution in [2.45, 2.75) is 5.92 Å². The number of rotatable bonds is 3. The standard InChI is InChI=1S/C19H18Cl2N4O4S2/c1-22-14(26)12(15(27)23(2)18(22)30)11(8-5-6-9(20)10(21)7-8)13-16(28)24(3)19(31)25(4)17(13)29/h5-7,11,26,28H,1-4H3. The van der Waals surface area contributed by atoms with Crippen LogP contribution in [0.15, 0.2) is 27.8 Å². The Morgan fingerprint density at radius 3 is 1.58 bits per heavy atom. The SMILES string of the molecule is Cn1c(O)c(C(c2ccc(Cl)c(Cl)c2)c2c(O)n(C)c(=S)n(C)c2=O)c(=O)n(C)c1=S. The van der Waals surface area contributed by atoms with E-state index in [2.05, 4.69) is 0 Å². The van der Waals surface area contributed by atoms with Crippen LogP contribution in [0.3, 0.4) is 0 Å². The van der Waals surface area contributed by atoms with E-state index < -0.39 is 28.8 Å². The minimum absolute atomic E-state index is 0.0720. The zero-order chi connectivity index (χ0) is 23.4. The Bertz CT molecular complexity index is 1380. The summed E-state index contributed by atoms with van der Waals surface area (Å²) in [6.45, 7) is 0. The van der Waals surface area contributed by atoms with Gasteiger partial charge < -0.3 is 10.2 Å². The minimum Gasteiger partial charge on any atom is -0.494 e. The van der Waals surface area contributed by atoms with Crippen molar-refractivity contribution in [2.75, 3.05) is 0 Å². The van der Waals surface area contributed by atoms with Gasteiger partial charge in [0.15, 0.2) is 9.54 Å². The summed E-state index contributed by atoms with van der Waals surface area (Å²) < 4.78 is 4.94. The maximum atomic E-state index is 13.2. The minimum atomic E-state index is -1.20. The lowest BCUT2D eigenvalue weighted by molar-refractivity contribution is 0.395. The number of hydrogen-bond acceptors (Lipinski definition) is 6. The number of benzene rings is 1. The van der Waals surface area contributed by atoms with E-state index in [9.17, 15) is 19.8 Å². The molecule has 2 aromatic heterocycles. The van der Waals surface area contributed by atoms with Crippen LogP contribution >= 0.6 is 47.6 Å². The Labute approximate surface area is 196 Å². The molecule has 8 nitrogen and oxygen atoms in total. The van der Waals surface area contributed by atoms with Gasteiger partial charge in [-0.1, -0.05) is 29.3 Å². The van der Waals surface area contributed by atoms with E-state index in [-0.39, 0.29) is 30.7 Å². The quantitative estimate of drug-likeness (QED) is 0.536. The molecule has 164 valence electrons. The van der Waals surface area contributed by atoms with Crippen LogP contribution in [-0.4, -0.2) is 28.5 Å². The lowest BCUT2D eigenvalue weighted by atomic mass is 9.86. The van der Waals surface area contributed by atoms with Crippen LogP contribution in [0.4, 0.5) is 0 Å². The molecule has 0 saturated heterocycles. The molecule has 3 rings (SSSR count). The third kappa shape index (κ3) is 3.63. The normalized spacial score (nSPS) is 11.3. The molecule has 0 aliphatic rings. The number of aromatic hydroxyl groups is 2. The highest BCUT2D eigenvalue weighted by atomic mass is 35.5. The molecule has 0 unspecified atom stereocenters. The van der Waals surface area contributed by atoms with Gasteiger partial charge in [-0.2, -0.15) is 0 Å². The molecule has 12 heteroatoms. The second kappa shape index (κ2) is 8.27.